The van der Waals surface area contributed by atoms with Crippen LogP contribution in [0.5, 0.6) is 0 Å². The fraction of sp³-hybridized carbons (Fsp3) is 0.368. The second-order valence-electron chi connectivity index (χ2n) is 6.27. The zero-order chi connectivity index (χ0) is 14.9. The fourth-order valence-electron chi connectivity index (χ4n) is 3.47. The van der Waals surface area contributed by atoms with E-state index in [1.165, 1.54) is 30.4 Å². The quantitative estimate of drug-likeness (QED) is 0.814. The summed E-state index contributed by atoms with van der Waals surface area (Å²) in [5.41, 5.74) is 3.10. The average molecular weight is 345 g/mol. The molecule has 0 saturated heterocycles. The molecular weight excluding hydrogens is 324 g/mol. The van der Waals surface area contributed by atoms with Gasteiger partial charge in [-0.15, -0.1) is 0 Å². The Bertz CT molecular complexity index is 616. The Labute approximate surface area is 135 Å². The van der Waals surface area contributed by atoms with Crippen molar-refractivity contribution < 1.29 is 5.11 Å². The molecule has 0 fully saturated rings. The van der Waals surface area contributed by atoms with Gasteiger partial charge >= 0.3 is 0 Å². The Balaban J connectivity index is 1.84. The molecule has 2 aromatic rings. The molecule has 2 atom stereocenters. The lowest BCUT2D eigenvalue weighted by Crippen LogP contribution is -2.26. The molecule has 0 spiro atoms. The molecule has 0 bridgehead atoms. The van der Waals surface area contributed by atoms with Gasteiger partial charge < -0.3 is 5.11 Å². The van der Waals surface area contributed by atoms with Crippen LogP contribution in [0.4, 0.5) is 0 Å². The van der Waals surface area contributed by atoms with Crippen LogP contribution in [0.1, 0.15) is 48.8 Å². The average Bonchev–Trinajstić information content (AvgIpc) is 2.48. The van der Waals surface area contributed by atoms with Gasteiger partial charge in [0.25, 0.3) is 0 Å². The summed E-state index contributed by atoms with van der Waals surface area (Å²) in [4.78, 5) is 0. The summed E-state index contributed by atoms with van der Waals surface area (Å²) in [5.74, 6) is 0.452. The summed E-state index contributed by atoms with van der Waals surface area (Å²) in [5, 5.41) is 10.9. The van der Waals surface area contributed by atoms with Crippen LogP contribution in [0.2, 0.25) is 0 Å². The van der Waals surface area contributed by atoms with Crippen LogP contribution in [0.3, 0.4) is 0 Å². The second-order valence-corrected chi connectivity index (χ2v) is 7.19. The molecular formula is C19H21BrO. The van der Waals surface area contributed by atoms with Crippen molar-refractivity contribution in [1.82, 2.24) is 0 Å². The van der Waals surface area contributed by atoms with Gasteiger partial charge in [0.1, 0.15) is 0 Å². The molecule has 1 nitrogen and oxygen atoms in total. The van der Waals surface area contributed by atoms with Crippen molar-refractivity contribution in [3.05, 3.63) is 69.7 Å². The van der Waals surface area contributed by atoms with E-state index in [4.69, 9.17) is 0 Å². The molecule has 1 aliphatic rings. The Morgan fingerprint density at radius 1 is 1.14 bits per heavy atom. The Hall–Kier alpha value is -1.12. The third-order valence-corrected chi connectivity index (χ3v) is 5.13. The van der Waals surface area contributed by atoms with Crippen molar-refractivity contribution >= 4 is 15.9 Å². The van der Waals surface area contributed by atoms with Gasteiger partial charge in [-0.2, -0.15) is 0 Å². The normalized spacial score (nSPS) is 20.6. The molecule has 0 saturated carbocycles. The standard InChI is InChI=1S/C19H21BrO/c1-19(21,16-9-11-17(20)12-10-16)13-15-7-4-6-14-5-2-3-8-18(14)15/h2-3,5,8-12,15,21H,4,6-7,13H2,1H3. The van der Waals surface area contributed by atoms with Gasteiger partial charge in [0.15, 0.2) is 0 Å². The first-order valence-electron chi connectivity index (χ1n) is 7.62. The highest BCUT2D eigenvalue weighted by atomic mass is 79.9. The monoisotopic (exact) mass is 344 g/mol. The molecule has 0 radical (unpaired) electrons. The van der Waals surface area contributed by atoms with Crippen molar-refractivity contribution in [2.24, 2.45) is 0 Å². The highest BCUT2D eigenvalue weighted by Crippen LogP contribution is 2.40. The summed E-state index contributed by atoms with van der Waals surface area (Å²) in [7, 11) is 0. The van der Waals surface area contributed by atoms with Gasteiger partial charge in [-0.05, 0) is 67.3 Å². The molecule has 2 unspecified atom stereocenters. The summed E-state index contributed by atoms with van der Waals surface area (Å²) in [6.45, 7) is 1.94. The molecule has 0 heterocycles. The largest absolute Gasteiger partial charge is 0.385 e. The zero-order valence-electron chi connectivity index (χ0n) is 12.3. The van der Waals surface area contributed by atoms with E-state index in [2.05, 4.69) is 40.2 Å². The summed E-state index contributed by atoms with van der Waals surface area (Å²) in [6.07, 6.45) is 4.35. The number of rotatable bonds is 3. The van der Waals surface area contributed by atoms with Gasteiger partial charge in [-0.1, -0.05) is 52.3 Å². The SMILES string of the molecule is CC(O)(CC1CCCc2ccccc21)c1ccc(Br)cc1. The van der Waals surface area contributed by atoms with E-state index in [0.29, 0.717) is 5.92 Å². The minimum atomic E-state index is -0.782. The maximum absolute atomic E-state index is 10.9. The number of hydrogen-bond acceptors (Lipinski definition) is 1. The molecule has 0 aliphatic heterocycles. The summed E-state index contributed by atoms with van der Waals surface area (Å²) in [6, 6.07) is 16.7. The van der Waals surface area contributed by atoms with E-state index in [9.17, 15) is 5.11 Å². The maximum atomic E-state index is 10.9. The molecule has 1 aliphatic carbocycles. The van der Waals surface area contributed by atoms with Crippen molar-refractivity contribution in [2.75, 3.05) is 0 Å². The van der Waals surface area contributed by atoms with Gasteiger partial charge in [-0.25, -0.2) is 0 Å². The lowest BCUT2D eigenvalue weighted by Gasteiger charge is -2.32. The van der Waals surface area contributed by atoms with Crippen LogP contribution >= 0.6 is 15.9 Å². The van der Waals surface area contributed by atoms with Gasteiger partial charge in [0, 0.05) is 4.47 Å². The van der Waals surface area contributed by atoms with Crippen molar-refractivity contribution in [3.63, 3.8) is 0 Å². The van der Waals surface area contributed by atoms with E-state index < -0.39 is 5.60 Å². The van der Waals surface area contributed by atoms with Crippen LogP contribution in [0.25, 0.3) is 0 Å². The van der Waals surface area contributed by atoms with Gasteiger partial charge in [-0.3, -0.25) is 0 Å². The van der Waals surface area contributed by atoms with Crippen molar-refractivity contribution in [1.29, 1.82) is 0 Å². The maximum Gasteiger partial charge on any atom is 0.0874 e. The molecule has 0 amide bonds. The highest BCUT2D eigenvalue weighted by molar-refractivity contribution is 9.10. The Kier molecular flexibility index (Phi) is 4.19. The molecule has 1 N–H and O–H groups in total. The lowest BCUT2D eigenvalue weighted by atomic mass is 9.75. The number of aliphatic hydroxyl groups is 1. The number of halogens is 1. The summed E-state index contributed by atoms with van der Waals surface area (Å²) >= 11 is 3.45. The molecule has 0 aromatic heterocycles. The van der Waals surface area contributed by atoms with E-state index in [1.807, 2.05) is 31.2 Å². The number of benzene rings is 2. The predicted molar refractivity (Wildman–Crippen MR) is 90.5 cm³/mol. The fourth-order valence-corrected chi connectivity index (χ4v) is 3.74. The first-order valence-corrected chi connectivity index (χ1v) is 8.42. The van der Waals surface area contributed by atoms with Crippen LogP contribution in [0.15, 0.2) is 53.0 Å². The molecule has 2 heteroatoms. The molecule has 2 aromatic carbocycles. The van der Waals surface area contributed by atoms with Crippen molar-refractivity contribution in [2.45, 2.75) is 44.1 Å². The lowest BCUT2D eigenvalue weighted by molar-refractivity contribution is 0.0380. The number of aryl methyl sites for hydroxylation is 1. The Morgan fingerprint density at radius 2 is 1.86 bits per heavy atom. The van der Waals surface area contributed by atoms with E-state index in [-0.39, 0.29) is 0 Å². The molecule has 110 valence electrons. The highest BCUT2D eigenvalue weighted by Gasteiger charge is 2.30. The third kappa shape index (κ3) is 3.22. The predicted octanol–water partition coefficient (Wildman–Crippen LogP) is 5.17. The van der Waals surface area contributed by atoms with E-state index >= 15 is 0 Å². The first-order chi connectivity index (χ1) is 10.1. The topological polar surface area (TPSA) is 20.2 Å². The number of hydrogen-bond donors (Lipinski definition) is 1. The molecule has 3 rings (SSSR count). The van der Waals surface area contributed by atoms with E-state index in [0.717, 1.165) is 16.5 Å². The molecule has 21 heavy (non-hydrogen) atoms. The second kappa shape index (κ2) is 5.94. The minimum Gasteiger partial charge on any atom is -0.385 e. The number of fused-ring (bicyclic) bond motifs is 1. The van der Waals surface area contributed by atoms with Crippen LogP contribution in [-0.4, -0.2) is 5.11 Å². The van der Waals surface area contributed by atoms with Crippen LogP contribution in [0, 0.1) is 0 Å². The Morgan fingerprint density at radius 3 is 2.62 bits per heavy atom. The van der Waals surface area contributed by atoms with E-state index in [1.54, 1.807) is 0 Å². The third-order valence-electron chi connectivity index (χ3n) is 4.60. The van der Waals surface area contributed by atoms with Crippen LogP contribution < -0.4 is 0 Å². The smallest absolute Gasteiger partial charge is 0.0874 e. The minimum absolute atomic E-state index is 0.452. The van der Waals surface area contributed by atoms with Gasteiger partial charge in [0.2, 0.25) is 0 Å². The summed E-state index contributed by atoms with van der Waals surface area (Å²) < 4.78 is 1.05. The van der Waals surface area contributed by atoms with Crippen molar-refractivity contribution in [3.8, 4) is 0 Å². The van der Waals surface area contributed by atoms with Crippen LogP contribution in [-0.2, 0) is 12.0 Å². The first kappa shape index (κ1) is 14.8. The zero-order valence-corrected chi connectivity index (χ0v) is 13.9. The van der Waals surface area contributed by atoms with Gasteiger partial charge in [0.05, 0.1) is 5.60 Å².